The number of hydrogen-bond acceptors (Lipinski definition) is 2. The summed E-state index contributed by atoms with van der Waals surface area (Å²) in [6, 6.07) is 0. The maximum Gasteiger partial charge on any atom is 0.00446 e. The van der Waals surface area contributed by atoms with E-state index in [9.17, 15) is 0 Å². The van der Waals surface area contributed by atoms with E-state index in [0.29, 0.717) is 5.41 Å². The lowest BCUT2D eigenvalue weighted by Crippen LogP contribution is -2.39. The molecular formula is C10H24N2. The van der Waals surface area contributed by atoms with E-state index < -0.39 is 0 Å². The topological polar surface area (TPSA) is 15.3 Å². The van der Waals surface area contributed by atoms with Crippen LogP contribution in [0.3, 0.4) is 0 Å². The summed E-state index contributed by atoms with van der Waals surface area (Å²) in [7, 11) is 2.02. The molecule has 0 unspecified atom stereocenters. The third-order valence-electron chi connectivity index (χ3n) is 2.20. The molecular weight excluding hydrogens is 148 g/mol. The van der Waals surface area contributed by atoms with Crippen molar-refractivity contribution in [2.24, 2.45) is 5.41 Å². The van der Waals surface area contributed by atoms with E-state index in [1.807, 2.05) is 7.05 Å². The molecule has 0 spiro atoms. The van der Waals surface area contributed by atoms with Gasteiger partial charge in [-0.05, 0) is 25.6 Å². The highest BCUT2D eigenvalue weighted by molar-refractivity contribution is 4.74. The molecule has 0 atom stereocenters. The average Bonchev–Trinajstić information content (AvgIpc) is 2.00. The van der Waals surface area contributed by atoms with Crippen molar-refractivity contribution in [3.63, 3.8) is 0 Å². The van der Waals surface area contributed by atoms with Crippen LogP contribution in [0.4, 0.5) is 0 Å². The molecule has 2 heteroatoms. The fourth-order valence-electron chi connectivity index (χ4n) is 1.59. The van der Waals surface area contributed by atoms with Gasteiger partial charge in [0, 0.05) is 13.1 Å². The summed E-state index contributed by atoms with van der Waals surface area (Å²) >= 11 is 0. The molecule has 0 rings (SSSR count). The molecule has 2 nitrogen and oxygen atoms in total. The number of rotatable bonds is 6. The Hall–Kier alpha value is -0.0800. The van der Waals surface area contributed by atoms with E-state index in [1.165, 1.54) is 6.54 Å². The van der Waals surface area contributed by atoms with Crippen molar-refractivity contribution in [3.05, 3.63) is 0 Å². The Bertz CT molecular complexity index is 106. The number of nitrogens with one attached hydrogen (secondary N) is 1. The monoisotopic (exact) mass is 172 g/mol. The first-order valence-electron chi connectivity index (χ1n) is 4.92. The van der Waals surface area contributed by atoms with Crippen molar-refractivity contribution in [2.45, 2.75) is 27.7 Å². The highest BCUT2D eigenvalue weighted by Gasteiger charge is 2.18. The Kier molecular flexibility index (Phi) is 5.51. The van der Waals surface area contributed by atoms with Gasteiger partial charge in [0.15, 0.2) is 0 Å². The zero-order chi connectivity index (χ0) is 9.61. The minimum Gasteiger partial charge on any atom is -0.319 e. The SMILES string of the molecule is CCN(CC)CC(C)(C)CNC. The predicted octanol–water partition coefficient (Wildman–Crippen LogP) is 1.57. The van der Waals surface area contributed by atoms with Crippen LogP contribution >= 0.6 is 0 Å². The third kappa shape index (κ3) is 4.73. The van der Waals surface area contributed by atoms with Gasteiger partial charge in [0.05, 0.1) is 0 Å². The molecule has 0 aromatic carbocycles. The molecule has 0 bridgehead atoms. The van der Waals surface area contributed by atoms with Crippen LogP contribution in [0.15, 0.2) is 0 Å². The largest absolute Gasteiger partial charge is 0.319 e. The van der Waals surface area contributed by atoms with Gasteiger partial charge in [-0.25, -0.2) is 0 Å². The first-order chi connectivity index (χ1) is 5.55. The zero-order valence-corrected chi connectivity index (χ0v) is 9.28. The van der Waals surface area contributed by atoms with E-state index in [-0.39, 0.29) is 0 Å². The molecule has 0 aliphatic rings. The van der Waals surface area contributed by atoms with Gasteiger partial charge in [0.1, 0.15) is 0 Å². The van der Waals surface area contributed by atoms with E-state index in [4.69, 9.17) is 0 Å². The van der Waals surface area contributed by atoms with Crippen molar-refractivity contribution in [2.75, 3.05) is 33.2 Å². The van der Waals surface area contributed by atoms with Crippen molar-refractivity contribution in [1.82, 2.24) is 10.2 Å². The second-order valence-electron chi connectivity index (χ2n) is 4.16. The molecule has 0 fully saturated rings. The predicted molar refractivity (Wildman–Crippen MR) is 55.5 cm³/mol. The lowest BCUT2D eigenvalue weighted by Gasteiger charge is -2.31. The molecule has 0 saturated heterocycles. The normalized spacial score (nSPS) is 12.5. The minimum atomic E-state index is 0.390. The molecule has 0 radical (unpaired) electrons. The molecule has 0 aliphatic heterocycles. The van der Waals surface area contributed by atoms with Crippen LogP contribution in [0.2, 0.25) is 0 Å². The Morgan fingerprint density at radius 2 is 1.67 bits per heavy atom. The van der Waals surface area contributed by atoms with Gasteiger partial charge in [-0.3, -0.25) is 0 Å². The highest BCUT2D eigenvalue weighted by atomic mass is 15.1. The smallest absolute Gasteiger partial charge is 0.00446 e. The fourth-order valence-corrected chi connectivity index (χ4v) is 1.59. The second kappa shape index (κ2) is 5.55. The van der Waals surface area contributed by atoms with Gasteiger partial charge in [0.2, 0.25) is 0 Å². The maximum absolute atomic E-state index is 3.23. The number of hydrogen-bond donors (Lipinski definition) is 1. The van der Waals surface area contributed by atoms with Gasteiger partial charge < -0.3 is 10.2 Å². The summed E-state index contributed by atoms with van der Waals surface area (Å²) in [6.07, 6.45) is 0. The first kappa shape index (κ1) is 11.9. The van der Waals surface area contributed by atoms with Crippen LogP contribution in [-0.4, -0.2) is 38.1 Å². The molecule has 0 aliphatic carbocycles. The zero-order valence-electron chi connectivity index (χ0n) is 9.28. The lowest BCUT2D eigenvalue weighted by atomic mass is 9.93. The van der Waals surface area contributed by atoms with Crippen molar-refractivity contribution >= 4 is 0 Å². The molecule has 0 saturated carbocycles. The lowest BCUT2D eigenvalue weighted by molar-refractivity contribution is 0.190. The van der Waals surface area contributed by atoms with Crippen molar-refractivity contribution < 1.29 is 0 Å². The van der Waals surface area contributed by atoms with E-state index >= 15 is 0 Å². The average molecular weight is 172 g/mol. The van der Waals surface area contributed by atoms with Crippen LogP contribution in [-0.2, 0) is 0 Å². The van der Waals surface area contributed by atoms with Crippen LogP contribution in [0, 0.1) is 5.41 Å². The molecule has 1 N–H and O–H groups in total. The maximum atomic E-state index is 3.23. The summed E-state index contributed by atoms with van der Waals surface area (Å²) in [4.78, 5) is 2.47. The molecule has 12 heavy (non-hydrogen) atoms. The van der Waals surface area contributed by atoms with E-state index in [0.717, 1.165) is 19.6 Å². The Morgan fingerprint density at radius 3 is 2.00 bits per heavy atom. The van der Waals surface area contributed by atoms with Gasteiger partial charge in [0.25, 0.3) is 0 Å². The van der Waals surface area contributed by atoms with Crippen LogP contribution in [0.1, 0.15) is 27.7 Å². The van der Waals surface area contributed by atoms with Gasteiger partial charge >= 0.3 is 0 Å². The quantitative estimate of drug-likeness (QED) is 0.654. The Morgan fingerprint density at radius 1 is 1.17 bits per heavy atom. The van der Waals surface area contributed by atoms with Crippen LogP contribution in [0.5, 0.6) is 0 Å². The highest BCUT2D eigenvalue weighted by Crippen LogP contribution is 2.14. The minimum absolute atomic E-state index is 0.390. The van der Waals surface area contributed by atoms with Gasteiger partial charge in [-0.2, -0.15) is 0 Å². The fraction of sp³-hybridized carbons (Fsp3) is 1.00. The van der Waals surface area contributed by atoms with E-state index in [2.05, 4.69) is 37.9 Å². The van der Waals surface area contributed by atoms with Crippen LogP contribution in [0.25, 0.3) is 0 Å². The molecule has 0 heterocycles. The summed E-state index contributed by atoms with van der Waals surface area (Å²) in [6.45, 7) is 13.6. The summed E-state index contributed by atoms with van der Waals surface area (Å²) < 4.78 is 0. The van der Waals surface area contributed by atoms with Crippen molar-refractivity contribution in [1.29, 1.82) is 0 Å². The second-order valence-corrected chi connectivity index (χ2v) is 4.16. The summed E-state index contributed by atoms with van der Waals surface area (Å²) in [5.74, 6) is 0. The Labute approximate surface area is 77.3 Å². The molecule has 0 aromatic rings. The summed E-state index contributed by atoms with van der Waals surface area (Å²) in [5, 5.41) is 3.23. The van der Waals surface area contributed by atoms with E-state index in [1.54, 1.807) is 0 Å². The number of nitrogens with zero attached hydrogens (tertiary/aromatic N) is 1. The standard InChI is InChI=1S/C10H24N2/c1-6-12(7-2)9-10(3,4)8-11-5/h11H,6-9H2,1-5H3. The molecule has 0 aromatic heterocycles. The van der Waals surface area contributed by atoms with Crippen LogP contribution < -0.4 is 5.32 Å². The Balaban J connectivity index is 3.84. The summed E-state index contributed by atoms with van der Waals surface area (Å²) in [5.41, 5.74) is 0.390. The van der Waals surface area contributed by atoms with Gasteiger partial charge in [-0.1, -0.05) is 27.7 Å². The molecule has 0 amide bonds. The van der Waals surface area contributed by atoms with Crippen molar-refractivity contribution in [3.8, 4) is 0 Å². The first-order valence-corrected chi connectivity index (χ1v) is 4.92. The molecule has 74 valence electrons. The van der Waals surface area contributed by atoms with Gasteiger partial charge in [-0.15, -0.1) is 0 Å². The third-order valence-corrected chi connectivity index (χ3v) is 2.20.